The molecule has 1 spiro atoms. The van der Waals surface area contributed by atoms with Crippen molar-refractivity contribution in [3.05, 3.63) is 0 Å². The zero-order valence-corrected chi connectivity index (χ0v) is 18.2. The van der Waals surface area contributed by atoms with Gasteiger partial charge in [-0.3, -0.25) is 14.4 Å². The molecule has 2 heterocycles. The first-order valence-electron chi connectivity index (χ1n) is 10.1. The molecule has 1 saturated carbocycles. The number of methoxy groups -OCH3 is 1. The number of nitrogens with one attached hydrogen (secondary N) is 1. The van der Waals surface area contributed by atoms with Crippen molar-refractivity contribution in [2.75, 3.05) is 46.6 Å². The Hall–Kier alpha value is -1.68. The standard InChI is InChI=1S/C19H31N3O6S/c1-20-17(25)19-7-6-18(14(19)12-22(13-19)29(3,26)27)8-10-21(11-9-18)15(23)4-5-16(24)28-2/h14H,4-13H2,1-3H3,(H,20,25)/t14-,19+/m0/s1. The fourth-order valence-electron chi connectivity index (χ4n) is 5.66. The van der Waals surface area contributed by atoms with Crippen LogP contribution in [-0.4, -0.2) is 82.0 Å². The van der Waals surface area contributed by atoms with Crippen LogP contribution in [0.1, 0.15) is 38.5 Å². The Morgan fingerprint density at radius 2 is 1.76 bits per heavy atom. The van der Waals surface area contributed by atoms with E-state index >= 15 is 0 Å². The molecular formula is C19H31N3O6S. The number of piperidine rings is 1. The van der Waals surface area contributed by atoms with Gasteiger partial charge in [-0.1, -0.05) is 0 Å². The van der Waals surface area contributed by atoms with Crippen molar-refractivity contribution in [1.82, 2.24) is 14.5 Å². The number of hydrogen-bond acceptors (Lipinski definition) is 6. The molecule has 0 aromatic carbocycles. The second-order valence-corrected chi connectivity index (χ2v) is 10.6. The lowest BCUT2D eigenvalue weighted by molar-refractivity contribution is -0.144. The van der Waals surface area contributed by atoms with Crippen LogP contribution in [0.4, 0.5) is 0 Å². The van der Waals surface area contributed by atoms with E-state index in [0.717, 1.165) is 19.3 Å². The van der Waals surface area contributed by atoms with Gasteiger partial charge in [-0.15, -0.1) is 0 Å². The molecule has 2 amide bonds. The predicted molar refractivity (Wildman–Crippen MR) is 105 cm³/mol. The van der Waals surface area contributed by atoms with E-state index in [-0.39, 0.29) is 42.5 Å². The second-order valence-electron chi connectivity index (χ2n) is 8.66. The third-order valence-corrected chi connectivity index (χ3v) is 8.57. The minimum Gasteiger partial charge on any atom is -0.469 e. The molecule has 29 heavy (non-hydrogen) atoms. The van der Waals surface area contributed by atoms with Crippen molar-refractivity contribution in [3.63, 3.8) is 0 Å². The van der Waals surface area contributed by atoms with Gasteiger partial charge in [-0.2, -0.15) is 0 Å². The number of nitrogens with zero attached hydrogens (tertiary/aromatic N) is 2. The van der Waals surface area contributed by atoms with Gasteiger partial charge in [0.1, 0.15) is 0 Å². The predicted octanol–water partition coefficient (Wildman–Crippen LogP) is -0.0340. The summed E-state index contributed by atoms with van der Waals surface area (Å²) in [6.07, 6.45) is 4.43. The summed E-state index contributed by atoms with van der Waals surface area (Å²) in [5, 5.41) is 2.75. The fourth-order valence-corrected chi connectivity index (χ4v) is 6.55. The van der Waals surface area contributed by atoms with Crippen LogP contribution in [0.3, 0.4) is 0 Å². The molecule has 0 unspecified atom stereocenters. The molecule has 1 aliphatic carbocycles. The molecule has 3 rings (SSSR count). The number of carbonyl (C=O) groups is 3. The van der Waals surface area contributed by atoms with Crippen LogP contribution >= 0.6 is 0 Å². The number of esters is 1. The first kappa shape index (κ1) is 22.0. The van der Waals surface area contributed by atoms with Crippen LogP contribution in [0.2, 0.25) is 0 Å². The van der Waals surface area contributed by atoms with Crippen LogP contribution in [0, 0.1) is 16.7 Å². The summed E-state index contributed by atoms with van der Waals surface area (Å²) in [5.41, 5.74) is -0.819. The second kappa shape index (κ2) is 7.86. The van der Waals surface area contributed by atoms with E-state index in [1.807, 2.05) is 0 Å². The zero-order valence-electron chi connectivity index (χ0n) is 17.4. The van der Waals surface area contributed by atoms with Gasteiger partial charge in [0.25, 0.3) is 0 Å². The van der Waals surface area contributed by atoms with Gasteiger partial charge < -0.3 is 15.0 Å². The minimum atomic E-state index is -3.38. The molecule has 2 atom stereocenters. The average molecular weight is 430 g/mol. The summed E-state index contributed by atoms with van der Waals surface area (Å²) in [5.74, 6) is -0.589. The van der Waals surface area contributed by atoms with Crippen molar-refractivity contribution >= 4 is 27.8 Å². The van der Waals surface area contributed by atoms with Crippen molar-refractivity contribution in [3.8, 4) is 0 Å². The third kappa shape index (κ3) is 3.88. The SMILES string of the molecule is CNC(=O)[C@@]12CCC3(CCN(C(=O)CCC(=O)OC)CC3)[C@@H]1CN(S(C)(=O)=O)C2. The Morgan fingerprint density at radius 1 is 1.10 bits per heavy atom. The number of fused-ring (bicyclic) bond motifs is 2. The normalized spacial score (nSPS) is 28.9. The number of amides is 2. The summed E-state index contributed by atoms with van der Waals surface area (Å²) in [6, 6.07) is 0. The van der Waals surface area contributed by atoms with Crippen molar-refractivity contribution < 1.29 is 27.5 Å². The van der Waals surface area contributed by atoms with Crippen LogP contribution in [0.5, 0.6) is 0 Å². The number of likely N-dealkylation sites (tertiary alicyclic amines) is 1. The Bertz CT molecular complexity index is 790. The highest BCUT2D eigenvalue weighted by molar-refractivity contribution is 7.88. The molecule has 0 bridgehead atoms. The Labute approximate surface area is 172 Å². The number of ether oxygens (including phenoxy) is 1. The van der Waals surface area contributed by atoms with Gasteiger partial charge in [0.05, 0.1) is 25.2 Å². The van der Waals surface area contributed by atoms with E-state index in [2.05, 4.69) is 10.1 Å². The minimum absolute atomic E-state index is 0.0444. The summed E-state index contributed by atoms with van der Waals surface area (Å²) in [7, 11) is -0.472. The largest absolute Gasteiger partial charge is 0.469 e. The number of sulfonamides is 1. The molecule has 0 aromatic heterocycles. The van der Waals surface area contributed by atoms with Gasteiger partial charge in [0.15, 0.2) is 0 Å². The van der Waals surface area contributed by atoms with Crippen molar-refractivity contribution in [2.24, 2.45) is 16.7 Å². The highest BCUT2D eigenvalue weighted by Gasteiger charge is 2.65. The number of carbonyl (C=O) groups excluding carboxylic acids is 3. The van der Waals surface area contributed by atoms with Crippen LogP contribution < -0.4 is 5.32 Å². The van der Waals surface area contributed by atoms with E-state index in [1.54, 1.807) is 11.9 Å². The van der Waals surface area contributed by atoms with Gasteiger partial charge in [-0.25, -0.2) is 12.7 Å². The van der Waals surface area contributed by atoms with Crippen molar-refractivity contribution in [2.45, 2.75) is 38.5 Å². The van der Waals surface area contributed by atoms with Crippen LogP contribution in [0.15, 0.2) is 0 Å². The maximum atomic E-state index is 12.8. The lowest BCUT2D eigenvalue weighted by Crippen LogP contribution is -2.49. The Kier molecular flexibility index (Phi) is 5.97. The lowest BCUT2D eigenvalue weighted by Gasteiger charge is -2.44. The highest BCUT2D eigenvalue weighted by Crippen LogP contribution is 2.62. The molecule has 2 saturated heterocycles. The number of rotatable bonds is 5. The number of hydrogen-bond donors (Lipinski definition) is 1. The first-order chi connectivity index (χ1) is 13.6. The quantitative estimate of drug-likeness (QED) is 0.614. The molecule has 164 valence electrons. The summed E-state index contributed by atoms with van der Waals surface area (Å²) >= 11 is 0. The fraction of sp³-hybridized carbons (Fsp3) is 0.842. The Morgan fingerprint density at radius 3 is 2.31 bits per heavy atom. The smallest absolute Gasteiger partial charge is 0.306 e. The van der Waals surface area contributed by atoms with Gasteiger partial charge in [0.2, 0.25) is 21.8 Å². The Balaban J connectivity index is 1.73. The lowest BCUT2D eigenvalue weighted by atomic mass is 9.65. The maximum Gasteiger partial charge on any atom is 0.306 e. The molecule has 1 N–H and O–H groups in total. The summed E-state index contributed by atoms with van der Waals surface area (Å²) in [4.78, 5) is 38.3. The molecule has 0 radical (unpaired) electrons. The molecule has 0 aromatic rings. The molecule has 10 heteroatoms. The molecular weight excluding hydrogens is 398 g/mol. The van der Waals surface area contributed by atoms with Gasteiger partial charge in [0, 0.05) is 39.6 Å². The molecule has 2 aliphatic heterocycles. The van der Waals surface area contributed by atoms with E-state index in [4.69, 9.17) is 0 Å². The highest BCUT2D eigenvalue weighted by atomic mass is 32.2. The molecule has 3 aliphatic rings. The monoisotopic (exact) mass is 429 g/mol. The van der Waals surface area contributed by atoms with E-state index < -0.39 is 21.4 Å². The topological polar surface area (TPSA) is 113 Å². The average Bonchev–Trinajstić information content (AvgIpc) is 3.23. The molecule has 3 fully saturated rings. The van der Waals surface area contributed by atoms with E-state index in [0.29, 0.717) is 26.1 Å². The van der Waals surface area contributed by atoms with Crippen LogP contribution in [0.25, 0.3) is 0 Å². The molecule has 9 nitrogen and oxygen atoms in total. The summed E-state index contributed by atoms with van der Waals surface area (Å²) < 4.78 is 30.4. The van der Waals surface area contributed by atoms with Gasteiger partial charge in [-0.05, 0) is 37.0 Å². The first-order valence-corrected chi connectivity index (χ1v) is 11.9. The van der Waals surface area contributed by atoms with Crippen LogP contribution in [-0.2, 0) is 29.1 Å². The maximum absolute atomic E-state index is 12.8. The van der Waals surface area contributed by atoms with Gasteiger partial charge >= 0.3 is 5.97 Å². The zero-order chi connectivity index (χ0) is 21.4. The van der Waals surface area contributed by atoms with E-state index in [9.17, 15) is 22.8 Å². The summed E-state index contributed by atoms with van der Waals surface area (Å²) in [6.45, 7) is 1.74. The van der Waals surface area contributed by atoms with E-state index in [1.165, 1.54) is 17.7 Å². The third-order valence-electron chi connectivity index (χ3n) is 7.35. The van der Waals surface area contributed by atoms with Crippen molar-refractivity contribution in [1.29, 1.82) is 0 Å².